The van der Waals surface area contributed by atoms with Gasteiger partial charge in [-0.05, 0) is 0 Å². The first-order valence-electron chi connectivity index (χ1n) is 13.2. The fourth-order valence-corrected chi connectivity index (χ4v) is 39.7. The molecule has 7 rings (SSSR count). The van der Waals surface area contributed by atoms with Gasteiger partial charge in [-0.25, -0.2) is 0 Å². The van der Waals surface area contributed by atoms with Gasteiger partial charge in [0.05, 0.1) is 0 Å². The predicted molar refractivity (Wildman–Crippen MR) is 154 cm³/mol. The van der Waals surface area contributed by atoms with E-state index in [0.29, 0.717) is 7.35 Å². The number of hydrogen-bond donors (Lipinski definition) is 0. The SMILES string of the molecule is C[Si]1(C)C2=Cc3c(-c4ccccc4)cccc3[CH]2[Hf]([CH3])([CH3])[CH]2C1=Cc1c(-c3ccccc3)cccc12. The molecule has 1 heterocycles. The van der Waals surface area contributed by atoms with Gasteiger partial charge in [-0.15, -0.1) is 0 Å². The number of rotatable bonds is 2. The molecule has 176 valence electrons. The van der Waals surface area contributed by atoms with Crippen LogP contribution in [0.4, 0.5) is 0 Å². The number of benzene rings is 4. The molecule has 1 fully saturated rings. The van der Waals surface area contributed by atoms with E-state index < -0.39 is 28.0 Å². The summed E-state index contributed by atoms with van der Waals surface area (Å²) in [5.74, 6) is 0. The molecule has 0 spiro atoms. The Bertz CT molecular complexity index is 1460. The molecule has 3 aliphatic rings. The molecule has 0 saturated carbocycles. The van der Waals surface area contributed by atoms with Gasteiger partial charge in [-0.2, -0.15) is 0 Å². The molecule has 1 saturated heterocycles. The van der Waals surface area contributed by atoms with Gasteiger partial charge in [0.2, 0.25) is 0 Å². The van der Waals surface area contributed by atoms with Crippen LogP contribution in [-0.4, -0.2) is 8.07 Å². The molecule has 0 aromatic heterocycles. The molecule has 36 heavy (non-hydrogen) atoms. The first-order valence-corrected chi connectivity index (χ1v) is 27.5. The van der Waals surface area contributed by atoms with Crippen LogP contribution in [-0.2, 0) is 20.0 Å². The Balaban J connectivity index is 1.44. The molecule has 2 aliphatic carbocycles. The van der Waals surface area contributed by atoms with Crippen LogP contribution in [0.5, 0.6) is 0 Å². The van der Waals surface area contributed by atoms with Crippen molar-refractivity contribution in [3.8, 4) is 22.3 Å². The first-order chi connectivity index (χ1) is 17.4. The summed E-state index contributed by atoms with van der Waals surface area (Å²) in [7, 11) is -1.80. The van der Waals surface area contributed by atoms with Gasteiger partial charge in [0.1, 0.15) is 0 Å². The summed E-state index contributed by atoms with van der Waals surface area (Å²) in [6, 6.07) is 36.2. The molecule has 0 nitrogen and oxygen atoms in total. The molecule has 4 aromatic carbocycles. The van der Waals surface area contributed by atoms with Crippen LogP contribution in [0.3, 0.4) is 0 Å². The van der Waals surface area contributed by atoms with Crippen molar-refractivity contribution in [1.82, 2.24) is 0 Å². The summed E-state index contributed by atoms with van der Waals surface area (Å²) in [6.45, 7) is 5.27. The molecule has 0 N–H and O–H groups in total. The van der Waals surface area contributed by atoms with Crippen LogP contribution in [0.1, 0.15) is 29.6 Å². The summed E-state index contributed by atoms with van der Waals surface area (Å²) in [4.78, 5) is 0. The van der Waals surface area contributed by atoms with Gasteiger partial charge >= 0.3 is 222 Å². The van der Waals surface area contributed by atoms with Crippen LogP contribution in [0.15, 0.2) is 107 Å². The Morgan fingerprint density at radius 1 is 0.528 bits per heavy atom. The third kappa shape index (κ3) is 3.07. The Kier molecular flexibility index (Phi) is 5.01. The van der Waals surface area contributed by atoms with Gasteiger partial charge in [0, 0.05) is 0 Å². The van der Waals surface area contributed by atoms with Crippen molar-refractivity contribution in [2.45, 2.75) is 29.8 Å². The van der Waals surface area contributed by atoms with E-state index >= 15 is 0 Å². The number of fused-ring (bicyclic) bond motifs is 6. The second-order valence-electron chi connectivity index (χ2n) is 11.9. The van der Waals surface area contributed by atoms with Crippen molar-refractivity contribution in [3.63, 3.8) is 0 Å². The normalized spacial score (nSPS) is 22.1. The van der Waals surface area contributed by atoms with Gasteiger partial charge in [-0.1, -0.05) is 0 Å². The third-order valence-electron chi connectivity index (χ3n) is 9.22. The minimum atomic E-state index is -2.93. The second kappa shape index (κ2) is 7.97. The van der Waals surface area contributed by atoms with Gasteiger partial charge < -0.3 is 0 Å². The molecule has 4 aromatic rings. The maximum atomic E-state index is 2.75. The van der Waals surface area contributed by atoms with E-state index in [9.17, 15) is 0 Å². The summed E-state index contributed by atoms with van der Waals surface area (Å²) in [6.07, 6.45) is 5.32. The maximum absolute atomic E-state index is 2.93. The minimum absolute atomic E-state index is 0.686. The van der Waals surface area contributed by atoms with E-state index in [0.717, 1.165) is 0 Å². The van der Waals surface area contributed by atoms with Crippen molar-refractivity contribution in [2.75, 3.05) is 0 Å². The number of hydrogen-bond acceptors (Lipinski definition) is 0. The van der Waals surface area contributed by atoms with E-state index in [4.69, 9.17) is 0 Å². The molecule has 2 heteroatoms. The second-order valence-corrected chi connectivity index (χ2v) is 33.5. The standard InChI is InChI=1S/C32H26Si.2CH3.Hf/c1-33(2,27-19-25-15-9-17-29(31(25)21-27)23-11-5-3-6-12-23)28-20-26-16-10-18-30(32(26)22-28)24-13-7-4-8-14-24;;;/h3-22H,1-2H3;2*1H3;. The molecule has 2 unspecified atom stereocenters. The quantitative estimate of drug-likeness (QED) is 0.190. The van der Waals surface area contributed by atoms with Crippen LogP contribution < -0.4 is 0 Å². The molecule has 0 radical (unpaired) electrons. The van der Waals surface area contributed by atoms with E-state index in [1.165, 1.54) is 33.4 Å². The Labute approximate surface area is 220 Å². The number of allylic oxidation sites excluding steroid dienone is 2. The van der Waals surface area contributed by atoms with E-state index in [2.05, 4.69) is 132 Å². The fourth-order valence-electron chi connectivity index (χ4n) is 7.56. The van der Waals surface area contributed by atoms with Gasteiger partial charge in [0.15, 0.2) is 0 Å². The summed E-state index contributed by atoms with van der Waals surface area (Å²) >= 11 is -2.93. The molecule has 0 bridgehead atoms. The summed E-state index contributed by atoms with van der Waals surface area (Å²) < 4.78 is 6.88. The van der Waals surface area contributed by atoms with Gasteiger partial charge in [0.25, 0.3) is 0 Å². The predicted octanol–water partition coefficient (Wildman–Crippen LogP) is 9.65. The Morgan fingerprint density at radius 2 is 0.944 bits per heavy atom. The van der Waals surface area contributed by atoms with Gasteiger partial charge in [-0.3, -0.25) is 0 Å². The first kappa shape index (κ1) is 22.6. The summed E-state index contributed by atoms with van der Waals surface area (Å²) in [5, 5.41) is 3.62. The monoisotopic (exact) mass is 648 g/mol. The molecular formula is C34H32HfSi. The van der Waals surface area contributed by atoms with E-state index in [1.54, 1.807) is 11.1 Å². The zero-order valence-corrected chi connectivity index (χ0v) is 26.1. The van der Waals surface area contributed by atoms with Crippen molar-refractivity contribution in [1.29, 1.82) is 0 Å². The Hall–Kier alpha value is -2.55. The van der Waals surface area contributed by atoms with Crippen molar-refractivity contribution >= 4 is 20.2 Å². The van der Waals surface area contributed by atoms with E-state index in [1.807, 2.05) is 10.4 Å². The molecular weight excluding hydrogens is 615 g/mol. The topological polar surface area (TPSA) is 0 Å². The van der Waals surface area contributed by atoms with Crippen molar-refractivity contribution in [3.05, 3.63) is 130 Å². The summed E-state index contributed by atoms with van der Waals surface area (Å²) in [5.41, 5.74) is 11.8. The molecule has 1 aliphatic heterocycles. The Morgan fingerprint density at radius 3 is 1.36 bits per heavy atom. The van der Waals surface area contributed by atoms with Crippen LogP contribution in [0, 0.1) is 0 Å². The third-order valence-corrected chi connectivity index (χ3v) is 30.2. The average molecular weight is 647 g/mol. The van der Waals surface area contributed by atoms with E-state index in [-0.39, 0.29) is 0 Å². The zero-order valence-electron chi connectivity index (χ0n) is 21.5. The van der Waals surface area contributed by atoms with Crippen molar-refractivity contribution in [2.24, 2.45) is 0 Å². The fraction of sp³-hybridized carbons (Fsp3) is 0.176. The average Bonchev–Trinajstić information content (AvgIpc) is 3.50. The van der Waals surface area contributed by atoms with Crippen molar-refractivity contribution < 1.29 is 20.0 Å². The van der Waals surface area contributed by atoms with Crippen LogP contribution in [0.2, 0.25) is 22.5 Å². The van der Waals surface area contributed by atoms with Crippen LogP contribution >= 0.6 is 0 Å². The molecule has 2 atom stereocenters. The molecule has 0 amide bonds. The van der Waals surface area contributed by atoms with Crippen LogP contribution in [0.25, 0.3) is 34.4 Å². The zero-order chi connectivity index (χ0) is 24.7.